The first-order valence-corrected chi connectivity index (χ1v) is 3.49. The first kappa shape index (κ1) is 9.18. The Hall–Kier alpha value is -1.91. The molecule has 0 atom stereocenters. The van der Waals surface area contributed by atoms with Crippen molar-refractivity contribution in [2.24, 2.45) is 16.5 Å². The molecule has 0 unspecified atom stereocenters. The first-order chi connectivity index (χ1) is 6.09. The van der Waals surface area contributed by atoms with Crippen molar-refractivity contribution in [1.82, 2.24) is 0 Å². The topological polar surface area (TPSA) is 81.5 Å². The van der Waals surface area contributed by atoms with Crippen molar-refractivity contribution in [3.8, 4) is 0 Å². The molecule has 0 saturated heterocycles. The molecule has 4 nitrogen and oxygen atoms in total. The number of nitrogens with two attached hydrogens (primary N) is 2. The van der Waals surface area contributed by atoms with Gasteiger partial charge in [-0.15, -0.1) is 0 Å². The predicted octanol–water partition coefficient (Wildman–Crippen LogP) is 0.239. The zero-order chi connectivity index (χ0) is 9.84. The number of guanidine groups is 1. The van der Waals surface area contributed by atoms with Gasteiger partial charge in [0.15, 0.2) is 5.96 Å². The van der Waals surface area contributed by atoms with Gasteiger partial charge in [-0.25, -0.2) is 4.39 Å². The summed E-state index contributed by atoms with van der Waals surface area (Å²) in [4.78, 5) is 14.3. The average Bonchev–Trinajstić information content (AvgIpc) is 2.03. The molecule has 0 saturated carbocycles. The Morgan fingerprint density at radius 3 is 2.62 bits per heavy atom. The SMILES string of the molecule is NC(N)=NC(=O)c1cccc(F)c1. The number of hydrogen-bond acceptors (Lipinski definition) is 1. The summed E-state index contributed by atoms with van der Waals surface area (Å²) in [6.45, 7) is 0. The number of benzene rings is 1. The van der Waals surface area contributed by atoms with Crippen LogP contribution in [0.5, 0.6) is 0 Å². The van der Waals surface area contributed by atoms with E-state index in [1.165, 1.54) is 18.2 Å². The molecule has 0 aliphatic heterocycles. The molecule has 0 heterocycles. The number of nitrogens with zero attached hydrogens (tertiary/aromatic N) is 1. The molecule has 4 N–H and O–H groups in total. The van der Waals surface area contributed by atoms with E-state index in [-0.39, 0.29) is 11.5 Å². The molecule has 13 heavy (non-hydrogen) atoms. The molecular formula is C8H8FN3O. The van der Waals surface area contributed by atoms with Gasteiger partial charge in [-0.3, -0.25) is 4.79 Å². The number of halogens is 1. The van der Waals surface area contributed by atoms with Gasteiger partial charge in [0, 0.05) is 5.56 Å². The summed E-state index contributed by atoms with van der Waals surface area (Å²) >= 11 is 0. The van der Waals surface area contributed by atoms with Crippen LogP contribution in [0.2, 0.25) is 0 Å². The van der Waals surface area contributed by atoms with Crippen LogP contribution < -0.4 is 11.5 Å². The summed E-state index contributed by atoms with van der Waals surface area (Å²) < 4.78 is 12.6. The van der Waals surface area contributed by atoms with Crippen molar-refractivity contribution < 1.29 is 9.18 Å². The highest BCUT2D eigenvalue weighted by Crippen LogP contribution is 2.04. The third kappa shape index (κ3) is 2.55. The van der Waals surface area contributed by atoms with E-state index in [1.54, 1.807) is 0 Å². The van der Waals surface area contributed by atoms with Crippen molar-refractivity contribution in [1.29, 1.82) is 0 Å². The minimum Gasteiger partial charge on any atom is -0.370 e. The average molecular weight is 181 g/mol. The van der Waals surface area contributed by atoms with Gasteiger partial charge in [0.1, 0.15) is 5.82 Å². The lowest BCUT2D eigenvalue weighted by Crippen LogP contribution is -2.24. The van der Waals surface area contributed by atoms with E-state index in [2.05, 4.69) is 4.99 Å². The van der Waals surface area contributed by atoms with Crippen molar-refractivity contribution in [2.75, 3.05) is 0 Å². The summed E-state index contributed by atoms with van der Waals surface area (Å²) in [5, 5.41) is 0. The fourth-order valence-electron chi connectivity index (χ4n) is 0.803. The van der Waals surface area contributed by atoms with Crippen LogP contribution in [-0.2, 0) is 0 Å². The lowest BCUT2D eigenvalue weighted by molar-refractivity contribution is 0.100. The standard InChI is InChI=1S/C8H8FN3O/c9-6-3-1-2-5(4-6)7(13)12-8(10)11/h1-4H,(H4,10,11,12,13). The Balaban J connectivity index is 2.96. The van der Waals surface area contributed by atoms with Gasteiger partial charge in [-0.05, 0) is 18.2 Å². The van der Waals surface area contributed by atoms with Crippen LogP contribution in [-0.4, -0.2) is 11.9 Å². The monoisotopic (exact) mass is 181 g/mol. The second-order valence-corrected chi connectivity index (χ2v) is 2.35. The molecular weight excluding hydrogens is 173 g/mol. The number of hydrogen-bond donors (Lipinski definition) is 2. The maximum atomic E-state index is 12.6. The molecule has 0 spiro atoms. The lowest BCUT2D eigenvalue weighted by Gasteiger charge is -1.95. The first-order valence-electron chi connectivity index (χ1n) is 3.49. The molecule has 0 aliphatic rings. The quantitative estimate of drug-likeness (QED) is 0.481. The summed E-state index contributed by atoms with van der Waals surface area (Å²) in [5.74, 6) is -1.49. The van der Waals surface area contributed by atoms with E-state index in [9.17, 15) is 9.18 Å². The number of rotatable bonds is 1. The molecule has 0 radical (unpaired) electrons. The predicted molar refractivity (Wildman–Crippen MR) is 46.5 cm³/mol. The minimum atomic E-state index is -0.653. The van der Waals surface area contributed by atoms with Gasteiger partial charge >= 0.3 is 0 Å². The van der Waals surface area contributed by atoms with Crippen molar-refractivity contribution in [3.63, 3.8) is 0 Å². The fraction of sp³-hybridized carbons (Fsp3) is 0. The van der Waals surface area contributed by atoms with E-state index in [0.717, 1.165) is 6.07 Å². The normalized spacial score (nSPS) is 9.31. The second kappa shape index (κ2) is 3.66. The van der Waals surface area contributed by atoms with Gasteiger partial charge in [0.05, 0.1) is 0 Å². The zero-order valence-electron chi connectivity index (χ0n) is 6.70. The van der Waals surface area contributed by atoms with Crippen LogP contribution >= 0.6 is 0 Å². The number of carbonyl (C=O) groups is 1. The van der Waals surface area contributed by atoms with Crippen molar-refractivity contribution in [2.45, 2.75) is 0 Å². The maximum Gasteiger partial charge on any atom is 0.280 e. The highest BCUT2D eigenvalue weighted by Gasteiger charge is 2.04. The number of carbonyl (C=O) groups excluding carboxylic acids is 1. The summed E-state index contributed by atoms with van der Waals surface area (Å²) in [7, 11) is 0. The van der Waals surface area contributed by atoms with Crippen molar-refractivity contribution >= 4 is 11.9 Å². The van der Waals surface area contributed by atoms with E-state index >= 15 is 0 Å². The number of amides is 1. The van der Waals surface area contributed by atoms with E-state index in [1.807, 2.05) is 0 Å². The van der Waals surface area contributed by atoms with Crippen molar-refractivity contribution in [3.05, 3.63) is 35.6 Å². The Bertz CT molecular complexity index is 358. The van der Waals surface area contributed by atoms with Crippen LogP contribution in [0.3, 0.4) is 0 Å². The molecule has 1 aromatic carbocycles. The Morgan fingerprint density at radius 1 is 1.38 bits per heavy atom. The van der Waals surface area contributed by atoms with Crippen LogP contribution in [0.1, 0.15) is 10.4 Å². The Kier molecular flexibility index (Phi) is 2.59. The molecule has 0 bridgehead atoms. The molecule has 0 fully saturated rings. The molecule has 1 amide bonds. The number of aliphatic imine (C=N–C) groups is 1. The summed E-state index contributed by atoms with van der Waals surface area (Å²) in [5.41, 5.74) is 10.1. The highest BCUT2D eigenvalue weighted by molar-refractivity contribution is 6.01. The lowest BCUT2D eigenvalue weighted by atomic mass is 10.2. The molecule has 1 aromatic rings. The minimum absolute atomic E-state index is 0.119. The van der Waals surface area contributed by atoms with Crippen LogP contribution in [0, 0.1) is 5.82 Å². The third-order valence-corrected chi connectivity index (χ3v) is 1.30. The van der Waals surface area contributed by atoms with Crippen LogP contribution in [0.15, 0.2) is 29.3 Å². The second-order valence-electron chi connectivity index (χ2n) is 2.35. The van der Waals surface area contributed by atoms with E-state index in [4.69, 9.17) is 11.5 Å². The summed E-state index contributed by atoms with van der Waals surface area (Å²) in [6, 6.07) is 5.13. The fourth-order valence-corrected chi connectivity index (χ4v) is 0.803. The summed E-state index contributed by atoms with van der Waals surface area (Å²) in [6.07, 6.45) is 0. The van der Waals surface area contributed by atoms with Crippen LogP contribution in [0.4, 0.5) is 4.39 Å². The maximum absolute atomic E-state index is 12.6. The molecule has 0 aromatic heterocycles. The van der Waals surface area contributed by atoms with Gasteiger partial charge < -0.3 is 11.5 Å². The smallest absolute Gasteiger partial charge is 0.280 e. The highest BCUT2D eigenvalue weighted by atomic mass is 19.1. The van der Waals surface area contributed by atoms with Gasteiger partial charge in [-0.1, -0.05) is 6.07 Å². The van der Waals surface area contributed by atoms with E-state index in [0.29, 0.717) is 0 Å². The molecule has 0 aliphatic carbocycles. The molecule has 1 rings (SSSR count). The molecule has 68 valence electrons. The van der Waals surface area contributed by atoms with Crippen LogP contribution in [0.25, 0.3) is 0 Å². The van der Waals surface area contributed by atoms with Gasteiger partial charge in [0.2, 0.25) is 0 Å². The molecule has 5 heteroatoms. The Morgan fingerprint density at radius 2 is 2.08 bits per heavy atom. The third-order valence-electron chi connectivity index (χ3n) is 1.30. The Labute approximate surface area is 74.1 Å². The zero-order valence-corrected chi connectivity index (χ0v) is 6.70. The van der Waals surface area contributed by atoms with Gasteiger partial charge in [0.25, 0.3) is 5.91 Å². The van der Waals surface area contributed by atoms with Gasteiger partial charge in [-0.2, -0.15) is 4.99 Å². The van der Waals surface area contributed by atoms with E-state index < -0.39 is 11.7 Å². The largest absolute Gasteiger partial charge is 0.370 e.